The van der Waals surface area contributed by atoms with Crippen LogP contribution in [0.5, 0.6) is 0 Å². The van der Waals surface area contributed by atoms with E-state index in [4.69, 9.17) is 5.26 Å². The van der Waals surface area contributed by atoms with E-state index in [1.807, 2.05) is 54.7 Å². The van der Waals surface area contributed by atoms with Gasteiger partial charge in [0.2, 0.25) is 0 Å². The number of allylic oxidation sites excluding steroid dienone is 1. The third-order valence-electron chi connectivity index (χ3n) is 2.13. The maximum atomic E-state index is 9.05. The van der Waals surface area contributed by atoms with Gasteiger partial charge in [0, 0.05) is 11.9 Å². The summed E-state index contributed by atoms with van der Waals surface area (Å²) in [6.07, 6.45) is 3.68. The predicted octanol–water partition coefficient (Wildman–Crippen LogP) is 3.08. The first-order valence-electron chi connectivity index (χ1n) is 4.71. The molecule has 2 nitrogen and oxygen atoms in total. The second-order valence-corrected chi connectivity index (χ2v) is 3.16. The standard InChI is InChI=1S/C13H10N2/c14-10-12(9-13-7-4-8-15-13)11-5-2-1-3-6-11/h1-9,15H. The molecule has 0 bridgehead atoms. The van der Waals surface area contributed by atoms with Crippen molar-refractivity contribution in [1.82, 2.24) is 4.98 Å². The van der Waals surface area contributed by atoms with Gasteiger partial charge in [-0.05, 0) is 23.8 Å². The predicted molar refractivity (Wildman–Crippen MR) is 60.7 cm³/mol. The number of nitrogens with one attached hydrogen (secondary N) is 1. The Hall–Kier alpha value is -2.27. The van der Waals surface area contributed by atoms with E-state index < -0.39 is 0 Å². The molecule has 1 aromatic carbocycles. The molecule has 0 spiro atoms. The zero-order chi connectivity index (χ0) is 10.5. The van der Waals surface area contributed by atoms with Gasteiger partial charge in [0.15, 0.2) is 0 Å². The van der Waals surface area contributed by atoms with Crippen LogP contribution < -0.4 is 0 Å². The molecule has 0 unspecified atom stereocenters. The number of hydrogen-bond donors (Lipinski definition) is 1. The first kappa shape index (κ1) is 9.29. The average Bonchev–Trinajstić information content (AvgIpc) is 2.80. The summed E-state index contributed by atoms with van der Waals surface area (Å²) >= 11 is 0. The number of benzene rings is 1. The van der Waals surface area contributed by atoms with Crippen molar-refractivity contribution in [1.29, 1.82) is 5.26 Å². The van der Waals surface area contributed by atoms with Gasteiger partial charge >= 0.3 is 0 Å². The van der Waals surface area contributed by atoms with E-state index >= 15 is 0 Å². The zero-order valence-corrected chi connectivity index (χ0v) is 8.14. The van der Waals surface area contributed by atoms with Crippen molar-refractivity contribution >= 4 is 11.6 Å². The summed E-state index contributed by atoms with van der Waals surface area (Å²) in [5.74, 6) is 0. The third kappa shape index (κ3) is 2.15. The topological polar surface area (TPSA) is 39.6 Å². The van der Waals surface area contributed by atoms with Gasteiger partial charge in [-0.3, -0.25) is 0 Å². The molecule has 0 aliphatic carbocycles. The Morgan fingerprint density at radius 2 is 1.93 bits per heavy atom. The maximum Gasteiger partial charge on any atom is 0.0998 e. The molecule has 2 aromatic rings. The van der Waals surface area contributed by atoms with E-state index in [0.717, 1.165) is 11.3 Å². The molecule has 0 saturated heterocycles. The van der Waals surface area contributed by atoms with Crippen LogP contribution in [0.15, 0.2) is 48.7 Å². The summed E-state index contributed by atoms with van der Waals surface area (Å²) in [7, 11) is 0. The third-order valence-corrected chi connectivity index (χ3v) is 2.13. The highest BCUT2D eigenvalue weighted by atomic mass is 14.7. The quantitative estimate of drug-likeness (QED) is 0.733. The summed E-state index contributed by atoms with van der Waals surface area (Å²) in [6.45, 7) is 0. The number of nitriles is 1. The smallest absolute Gasteiger partial charge is 0.0998 e. The normalized spacial score (nSPS) is 11.0. The van der Waals surface area contributed by atoms with Crippen LogP contribution in [0.2, 0.25) is 0 Å². The van der Waals surface area contributed by atoms with Crippen molar-refractivity contribution in [2.24, 2.45) is 0 Å². The molecular weight excluding hydrogens is 184 g/mol. The fraction of sp³-hybridized carbons (Fsp3) is 0. The SMILES string of the molecule is N#CC(=Cc1ccc[nH]1)c1ccccc1. The monoisotopic (exact) mass is 194 g/mol. The maximum absolute atomic E-state index is 9.05. The van der Waals surface area contributed by atoms with E-state index in [9.17, 15) is 0 Å². The molecule has 0 atom stereocenters. The Kier molecular flexibility index (Phi) is 2.66. The van der Waals surface area contributed by atoms with Gasteiger partial charge < -0.3 is 4.98 Å². The van der Waals surface area contributed by atoms with Crippen molar-refractivity contribution in [3.63, 3.8) is 0 Å². The molecule has 0 aliphatic rings. The lowest BCUT2D eigenvalue weighted by molar-refractivity contribution is 1.38. The van der Waals surface area contributed by atoms with E-state index in [1.165, 1.54) is 0 Å². The van der Waals surface area contributed by atoms with Gasteiger partial charge in [-0.1, -0.05) is 30.3 Å². The van der Waals surface area contributed by atoms with Crippen molar-refractivity contribution in [2.45, 2.75) is 0 Å². The minimum atomic E-state index is 0.665. The van der Waals surface area contributed by atoms with Crippen LogP contribution >= 0.6 is 0 Å². The van der Waals surface area contributed by atoms with Crippen LogP contribution in [-0.2, 0) is 0 Å². The highest BCUT2D eigenvalue weighted by Crippen LogP contribution is 2.15. The number of nitrogens with zero attached hydrogens (tertiary/aromatic N) is 1. The minimum absolute atomic E-state index is 0.665. The van der Waals surface area contributed by atoms with Gasteiger partial charge in [0.25, 0.3) is 0 Å². The van der Waals surface area contributed by atoms with Gasteiger partial charge in [-0.25, -0.2) is 0 Å². The second-order valence-electron chi connectivity index (χ2n) is 3.16. The molecule has 1 aromatic heterocycles. The molecule has 2 heteroatoms. The van der Waals surface area contributed by atoms with Crippen molar-refractivity contribution < 1.29 is 0 Å². The first-order chi connectivity index (χ1) is 7.40. The van der Waals surface area contributed by atoms with Crippen molar-refractivity contribution in [2.75, 3.05) is 0 Å². The second kappa shape index (κ2) is 4.30. The number of aromatic amines is 1. The summed E-state index contributed by atoms with van der Waals surface area (Å²) < 4.78 is 0. The Morgan fingerprint density at radius 3 is 2.53 bits per heavy atom. The lowest BCUT2D eigenvalue weighted by Crippen LogP contribution is -1.80. The summed E-state index contributed by atoms with van der Waals surface area (Å²) in [5.41, 5.74) is 2.54. The summed E-state index contributed by atoms with van der Waals surface area (Å²) in [5, 5.41) is 9.05. The van der Waals surface area contributed by atoms with Crippen molar-refractivity contribution in [3.05, 3.63) is 59.9 Å². The lowest BCUT2D eigenvalue weighted by atomic mass is 10.1. The molecule has 0 amide bonds. The number of H-pyrrole nitrogens is 1. The van der Waals surface area contributed by atoms with Crippen molar-refractivity contribution in [3.8, 4) is 6.07 Å². The molecule has 0 radical (unpaired) electrons. The van der Waals surface area contributed by atoms with Gasteiger partial charge in [0.1, 0.15) is 0 Å². The largest absolute Gasteiger partial charge is 0.362 e. The van der Waals surface area contributed by atoms with Gasteiger partial charge in [-0.2, -0.15) is 5.26 Å². The lowest BCUT2D eigenvalue weighted by Gasteiger charge is -1.97. The van der Waals surface area contributed by atoms with E-state index in [0.29, 0.717) is 5.57 Å². The van der Waals surface area contributed by atoms with E-state index in [-0.39, 0.29) is 0 Å². The molecule has 0 fully saturated rings. The number of rotatable bonds is 2. The van der Waals surface area contributed by atoms with Crippen LogP contribution in [0.25, 0.3) is 11.6 Å². The Morgan fingerprint density at radius 1 is 1.13 bits per heavy atom. The molecule has 72 valence electrons. The first-order valence-corrected chi connectivity index (χ1v) is 4.71. The fourth-order valence-electron chi connectivity index (χ4n) is 1.39. The Bertz CT molecular complexity index is 487. The fourth-order valence-corrected chi connectivity index (χ4v) is 1.39. The Labute approximate surface area is 88.5 Å². The Balaban J connectivity index is 2.38. The molecule has 2 rings (SSSR count). The summed E-state index contributed by atoms with van der Waals surface area (Å²) in [4.78, 5) is 3.04. The van der Waals surface area contributed by atoms with Crippen LogP contribution in [0.3, 0.4) is 0 Å². The molecule has 0 aliphatic heterocycles. The molecule has 1 heterocycles. The van der Waals surface area contributed by atoms with Crippen LogP contribution in [-0.4, -0.2) is 4.98 Å². The molecule has 0 saturated carbocycles. The highest BCUT2D eigenvalue weighted by Gasteiger charge is 1.99. The number of aromatic nitrogens is 1. The van der Waals surface area contributed by atoms with Gasteiger partial charge in [-0.15, -0.1) is 0 Å². The van der Waals surface area contributed by atoms with Crippen LogP contribution in [0.1, 0.15) is 11.3 Å². The van der Waals surface area contributed by atoms with E-state index in [2.05, 4.69) is 11.1 Å². The summed E-state index contributed by atoms with van der Waals surface area (Å²) in [6, 6.07) is 15.7. The highest BCUT2D eigenvalue weighted by molar-refractivity contribution is 5.88. The molecular formula is C13H10N2. The van der Waals surface area contributed by atoms with Gasteiger partial charge in [0.05, 0.1) is 11.6 Å². The number of hydrogen-bond acceptors (Lipinski definition) is 1. The van der Waals surface area contributed by atoms with E-state index in [1.54, 1.807) is 0 Å². The zero-order valence-electron chi connectivity index (χ0n) is 8.14. The molecule has 1 N–H and O–H groups in total. The average molecular weight is 194 g/mol. The van der Waals surface area contributed by atoms with Crippen LogP contribution in [0.4, 0.5) is 0 Å². The molecule has 15 heavy (non-hydrogen) atoms. The van der Waals surface area contributed by atoms with Crippen LogP contribution in [0, 0.1) is 11.3 Å². The minimum Gasteiger partial charge on any atom is -0.362 e.